The van der Waals surface area contributed by atoms with Gasteiger partial charge in [-0.1, -0.05) is 60.3 Å². The second-order valence-electron chi connectivity index (χ2n) is 25.0. The monoisotopic (exact) mass is 1110 g/mol. The molecule has 4 aromatic rings. The average molecular weight is 1110 g/mol. The standard InChI is InChI=1S/2C32H40ClNO5/c2*1-31(2,3)39-29(35)17-25(30(36)37-4)22-10-13-28-27(16-22)34(18-21-7-5-8-21)19-32(20-38-28)14-6-9-23-15-24(33)11-12-26(23)32/h2*10-13,15-16,21,25H,5-9,14,17-20H2,1-4H3/t25-,32+;25-,32-/m10/s1. The van der Waals surface area contributed by atoms with Crippen molar-refractivity contribution in [3.8, 4) is 11.5 Å². The van der Waals surface area contributed by atoms with Crippen LogP contribution in [-0.2, 0) is 61.8 Å². The Hall–Kier alpha value is -5.46. The molecular formula is C64H80Cl2N2O10. The molecule has 0 bridgehead atoms. The Morgan fingerprint density at radius 2 is 0.974 bits per heavy atom. The highest BCUT2D eigenvalue weighted by molar-refractivity contribution is 6.31. The number of carbonyl (C=O) groups excluding carboxylic acids is 4. The first-order chi connectivity index (χ1) is 37.1. The molecule has 4 aromatic carbocycles. The summed E-state index contributed by atoms with van der Waals surface area (Å²) in [6.45, 7) is 15.7. The van der Waals surface area contributed by atoms with Crippen LogP contribution in [0, 0.1) is 11.8 Å². The van der Waals surface area contributed by atoms with Crippen LogP contribution >= 0.6 is 23.2 Å². The number of aryl methyl sites for hydroxylation is 2. The molecule has 420 valence electrons. The van der Waals surface area contributed by atoms with Gasteiger partial charge in [0.15, 0.2) is 0 Å². The minimum atomic E-state index is -0.754. The van der Waals surface area contributed by atoms with E-state index in [4.69, 9.17) is 51.6 Å². The third-order valence-electron chi connectivity index (χ3n) is 16.9. The summed E-state index contributed by atoms with van der Waals surface area (Å²) < 4.78 is 34.5. The van der Waals surface area contributed by atoms with Crippen LogP contribution in [-0.4, -0.2) is 88.7 Å². The Morgan fingerprint density at radius 1 is 0.577 bits per heavy atom. The van der Waals surface area contributed by atoms with Crippen LogP contribution in [0.15, 0.2) is 72.8 Å². The number of fused-ring (bicyclic) bond motifs is 6. The number of methoxy groups -OCH3 is 2. The SMILES string of the molecule is COC(=O)[C@@H](CC(=O)OC(C)(C)C)c1ccc2c(c1)N(CC1CCC1)C[C@@]1(CCCc3cc(Cl)ccc31)CO2.COC(=O)[C@H](CC(=O)OC(C)(C)C)c1ccc2c(c1)N(CC1CCC1)C[C@@]1(CCCc3cc(Cl)ccc31)CO2. The van der Waals surface area contributed by atoms with E-state index in [0.29, 0.717) is 25.0 Å². The number of halogens is 2. The number of hydrogen-bond acceptors (Lipinski definition) is 12. The summed E-state index contributed by atoms with van der Waals surface area (Å²) in [7, 11) is 2.72. The minimum Gasteiger partial charge on any atom is -0.490 e. The van der Waals surface area contributed by atoms with Crippen molar-refractivity contribution in [3.63, 3.8) is 0 Å². The molecule has 6 aliphatic rings. The van der Waals surface area contributed by atoms with Crippen LogP contribution in [0.3, 0.4) is 0 Å². The molecule has 2 fully saturated rings. The molecule has 0 unspecified atom stereocenters. The van der Waals surface area contributed by atoms with Gasteiger partial charge in [-0.2, -0.15) is 0 Å². The summed E-state index contributed by atoms with van der Waals surface area (Å²) >= 11 is 12.8. The molecule has 2 saturated carbocycles. The molecule has 2 heterocycles. The van der Waals surface area contributed by atoms with Gasteiger partial charge in [0.2, 0.25) is 0 Å². The highest BCUT2D eigenvalue weighted by Gasteiger charge is 2.45. The van der Waals surface area contributed by atoms with E-state index in [-0.39, 0.29) is 23.7 Å². The highest BCUT2D eigenvalue weighted by Crippen LogP contribution is 2.48. The molecular weight excluding hydrogens is 1030 g/mol. The van der Waals surface area contributed by atoms with Gasteiger partial charge in [-0.15, -0.1) is 0 Å². The van der Waals surface area contributed by atoms with Gasteiger partial charge >= 0.3 is 23.9 Å². The molecule has 2 aliphatic heterocycles. The fraction of sp³-hybridized carbons (Fsp3) is 0.562. The summed E-state index contributed by atoms with van der Waals surface area (Å²) in [5, 5.41) is 1.55. The summed E-state index contributed by atoms with van der Waals surface area (Å²) in [4.78, 5) is 56.2. The Balaban J connectivity index is 0.000000190. The van der Waals surface area contributed by atoms with E-state index < -0.39 is 46.9 Å². The zero-order valence-electron chi connectivity index (χ0n) is 47.1. The topological polar surface area (TPSA) is 130 Å². The van der Waals surface area contributed by atoms with E-state index in [2.05, 4.69) is 34.1 Å². The molecule has 12 nitrogen and oxygen atoms in total. The van der Waals surface area contributed by atoms with Crippen molar-refractivity contribution in [2.75, 3.05) is 63.4 Å². The molecule has 78 heavy (non-hydrogen) atoms. The fourth-order valence-electron chi connectivity index (χ4n) is 12.7. The lowest BCUT2D eigenvalue weighted by molar-refractivity contribution is -0.159. The van der Waals surface area contributed by atoms with Crippen LogP contribution in [0.4, 0.5) is 11.4 Å². The quantitative estimate of drug-likeness (QED) is 0.0989. The Kier molecular flexibility index (Phi) is 17.4. The first-order valence-electron chi connectivity index (χ1n) is 28.3. The van der Waals surface area contributed by atoms with Crippen molar-refractivity contribution in [1.82, 2.24) is 0 Å². The second kappa shape index (κ2) is 23.7. The summed E-state index contributed by atoms with van der Waals surface area (Å²) in [6.07, 6.45) is 13.7. The molecule has 4 atom stereocenters. The minimum absolute atomic E-state index is 0.0791. The van der Waals surface area contributed by atoms with E-state index in [1.54, 1.807) is 0 Å². The fourth-order valence-corrected chi connectivity index (χ4v) is 13.1. The van der Waals surface area contributed by atoms with Crippen LogP contribution in [0.5, 0.6) is 11.5 Å². The van der Waals surface area contributed by atoms with Gasteiger partial charge in [-0.05, 0) is 199 Å². The van der Waals surface area contributed by atoms with Gasteiger partial charge in [-0.3, -0.25) is 19.2 Å². The van der Waals surface area contributed by atoms with Crippen LogP contribution in [0.1, 0.15) is 164 Å². The zero-order valence-corrected chi connectivity index (χ0v) is 48.6. The second-order valence-corrected chi connectivity index (χ2v) is 25.9. The third kappa shape index (κ3) is 13.2. The van der Waals surface area contributed by atoms with Crippen LogP contribution < -0.4 is 19.3 Å². The number of rotatable bonds is 12. The smallest absolute Gasteiger partial charge is 0.313 e. The Morgan fingerprint density at radius 3 is 1.32 bits per heavy atom. The molecule has 10 rings (SSSR count). The summed E-state index contributed by atoms with van der Waals surface area (Å²) in [5.74, 6) is -0.337. The lowest BCUT2D eigenvalue weighted by Gasteiger charge is -2.42. The molecule has 0 saturated heterocycles. The van der Waals surface area contributed by atoms with Gasteiger partial charge in [0.25, 0.3) is 0 Å². The van der Waals surface area contributed by atoms with Crippen molar-refractivity contribution in [3.05, 3.63) is 116 Å². The number of hydrogen-bond donors (Lipinski definition) is 0. The summed E-state index contributed by atoms with van der Waals surface area (Å²) in [6, 6.07) is 24.3. The molecule has 0 amide bonds. The molecule has 2 spiro atoms. The van der Waals surface area contributed by atoms with E-state index >= 15 is 0 Å². The summed E-state index contributed by atoms with van der Waals surface area (Å²) in [5.41, 5.74) is 7.20. The Bertz CT molecular complexity index is 2660. The first-order valence-corrected chi connectivity index (χ1v) is 29.1. The molecule has 0 aromatic heterocycles. The maximum atomic E-state index is 12.9. The lowest BCUT2D eigenvalue weighted by Crippen LogP contribution is -2.47. The largest absolute Gasteiger partial charge is 0.490 e. The normalized spacial score (nSPS) is 21.6. The van der Waals surface area contributed by atoms with Gasteiger partial charge in [0.1, 0.15) is 22.7 Å². The lowest BCUT2D eigenvalue weighted by atomic mass is 9.70. The van der Waals surface area contributed by atoms with Crippen molar-refractivity contribution in [2.24, 2.45) is 11.8 Å². The number of carbonyl (C=O) groups is 4. The Labute approximate surface area is 472 Å². The molecule has 0 N–H and O–H groups in total. The zero-order chi connectivity index (χ0) is 55.6. The number of anilines is 2. The number of nitrogens with zero attached hydrogens (tertiary/aromatic N) is 2. The number of ether oxygens (including phenoxy) is 6. The molecule has 4 aliphatic carbocycles. The average Bonchev–Trinajstić information content (AvgIpc) is 3.78. The molecule has 14 heteroatoms. The van der Waals surface area contributed by atoms with Gasteiger partial charge in [0, 0.05) is 47.1 Å². The van der Waals surface area contributed by atoms with Crippen LogP contribution in [0.2, 0.25) is 10.0 Å². The van der Waals surface area contributed by atoms with Crippen molar-refractivity contribution in [2.45, 2.75) is 165 Å². The van der Waals surface area contributed by atoms with E-state index in [9.17, 15) is 19.2 Å². The van der Waals surface area contributed by atoms with Crippen molar-refractivity contribution in [1.29, 1.82) is 0 Å². The van der Waals surface area contributed by atoms with Gasteiger partial charge in [0.05, 0.1) is 63.5 Å². The van der Waals surface area contributed by atoms with E-state index in [1.165, 1.54) is 75.0 Å². The first kappa shape index (κ1) is 57.2. The van der Waals surface area contributed by atoms with E-state index in [0.717, 1.165) is 109 Å². The maximum Gasteiger partial charge on any atom is 0.313 e. The van der Waals surface area contributed by atoms with Gasteiger partial charge in [-0.25, -0.2) is 0 Å². The van der Waals surface area contributed by atoms with Crippen LogP contribution in [0.25, 0.3) is 0 Å². The maximum absolute atomic E-state index is 12.9. The predicted molar refractivity (Wildman–Crippen MR) is 306 cm³/mol. The third-order valence-corrected chi connectivity index (χ3v) is 17.4. The highest BCUT2D eigenvalue weighted by atomic mass is 35.5. The van der Waals surface area contributed by atoms with E-state index in [1.807, 2.05) is 90.1 Å². The van der Waals surface area contributed by atoms with Gasteiger partial charge < -0.3 is 38.2 Å². The molecule has 0 radical (unpaired) electrons. The number of benzene rings is 4. The predicted octanol–water partition coefficient (Wildman–Crippen LogP) is 13.2. The van der Waals surface area contributed by atoms with Crippen molar-refractivity contribution < 1.29 is 47.6 Å². The van der Waals surface area contributed by atoms with Crippen molar-refractivity contribution >= 4 is 58.5 Å². The number of esters is 4.